The van der Waals surface area contributed by atoms with Gasteiger partial charge in [0.2, 0.25) is 0 Å². The molecule has 0 fully saturated rings. The van der Waals surface area contributed by atoms with E-state index < -0.39 is 0 Å². The number of allylic oxidation sites excluding steroid dienone is 1. The molecule has 75 valence electrons. The number of rotatable bonds is 7. The summed E-state index contributed by atoms with van der Waals surface area (Å²) >= 11 is 0. The highest BCUT2D eigenvalue weighted by atomic mass is 16.5. The first kappa shape index (κ1) is 12.2. The maximum Gasteiger partial charge on any atom is 0.330 e. The van der Waals surface area contributed by atoms with Crippen LogP contribution in [0.15, 0.2) is 12.2 Å². The van der Waals surface area contributed by atoms with Crippen molar-refractivity contribution < 1.29 is 9.53 Å². The molecule has 0 aromatic heterocycles. The Morgan fingerprint density at radius 3 is 2.62 bits per heavy atom. The highest BCUT2D eigenvalue weighted by Gasteiger charge is 1.90. The van der Waals surface area contributed by atoms with Crippen molar-refractivity contribution in [1.29, 1.82) is 0 Å². The average Bonchev–Trinajstić information content (AvgIpc) is 2.16. The summed E-state index contributed by atoms with van der Waals surface area (Å²) in [6, 6.07) is 0. The van der Waals surface area contributed by atoms with Gasteiger partial charge in [-0.3, -0.25) is 0 Å². The molecular weight excluding hydrogens is 164 g/mol. The van der Waals surface area contributed by atoms with Gasteiger partial charge in [-0.25, -0.2) is 4.79 Å². The Morgan fingerprint density at radius 1 is 1.31 bits per heavy atom. The predicted octanol–water partition coefficient (Wildman–Crippen LogP) is 2.89. The van der Waals surface area contributed by atoms with Crippen LogP contribution in [0.4, 0.5) is 0 Å². The van der Waals surface area contributed by atoms with E-state index in [9.17, 15) is 4.79 Å². The van der Waals surface area contributed by atoms with Gasteiger partial charge < -0.3 is 4.74 Å². The minimum Gasteiger partial charge on any atom is -0.466 e. The lowest BCUT2D eigenvalue weighted by Gasteiger charge is -1.95. The molecular formula is C11H19O2. The molecule has 13 heavy (non-hydrogen) atoms. The van der Waals surface area contributed by atoms with E-state index in [4.69, 9.17) is 0 Å². The van der Waals surface area contributed by atoms with Crippen molar-refractivity contribution >= 4 is 5.97 Å². The third kappa shape index (κ3) is 9.12. The molecule has 0 saturated carbocycles. The van der Waals surface area contributed by atoms with Gasteiger partial charge in [0.1, 0.15) is 0 Å². The zero-order chi connectivity index (χ0) is 9.94. The monoisotopic (exact) mass is 183 g/mol. The summed E-state index contributed by atoms with van der Waals surface area (Å²) in [5, 5.41) is 0. The van der Waals surface area contributed by atoms with Crippen molar-refractivity contribution in [2.24, 2.45) is 0 Å². The first-order valence-electron chi connectivity index (χ1n) is 4.85. The molecule has 0 bridgehead atoms. The van der Waals surface area contributed by atoms with Gasteiger partial charge in [-0.15, -0.1) is 0 Å². The number of unbranched alkanes of at least 4 members (excludes halogenated alkanes) is 5. The molecule has 0 aliphatic rings. The third-order valence-electron chi connectivity index (χ3n) is 1.83. The highest BCUT2D eigenvalue weighted by molar-refractivity contribution is 5.81. The van der Waals surface area contributed by atoms with Crippen molar-refractivity contribution in [1.82, 2.24) is 0 Å². The minimum atomic E-state index is -0.266. The standard InChI is InChI=1S/C11H19O2/c1-3-4-5-6-7-8-9-10-11(12)13-2/h9-10H,1,3-8H2,2H3/b10-9+. The van der Waals surface area contributed by atoms with E-state index >= 15 is 0 Å². The smallest absolute Gasteiger partial charge is 0.330 e. The molecule has 0 aromatic carbocycles. The van der Waals surface area contributed by atoms with Crippen molar-refractivity contribution in [2.45, 2.75) is 38.5 Å². The number of methoxy groups -OCH3 is 1. The van der Waals surface area contributed by atoms with Crippen molar-refractivity contribution in [3.05, 3.63) is 19.1 Å². The molecule has 2 heteroatoms. The van der Waals surface area contributed by atoms with Crippen LogP contribution >= 0.6 is 0 Å². The third-order valence-corrected chi connectivity index (χ3v) is 1.83. The second-order valence-corrected chi connectivity index (χ2v) is 2.98. The predicted molar refractivity (Wildman–Crippen MR) is 54.2 cm³/mol. The number of carbonyl (C=O) groups is 1. The molecule has 0 atom stereocenters. The van der Waals surface area contributed by atoms with E-state index in [1.54, 1.807) is 0 Å². The Labute approximate surface area is 81.0 Å². The fourth-order valence-corrected chi connectivity index (χ4v) is 1.04. The summed E-state index contributed by atoms with van der Waals surface area (Å²) in [7, 11) is 1.39. The number of ether oxygens (including phenoxy) is 1. The van der Waals surface area contributed by atoms with Crippen LogP contribution in [0.25, 0.3) is 0 Å². The van der Waals surface area contributed by atoms with E-state index in [-0.39, 0.29) is 5.97 Å². The molecule has 2 nitrogen and oxygen atoms in total. The van der Waals surface area contributed by atoms with Crippen LogP contribution < -0.4 is 0 Å². The van der Waals surface area contributed by atoms with Gasteiger partial charge in [-0.05, 0) is 12.8 Å². The number of hydrogen-bond acceptors (Lipinski definition) is 2. The quantitative estimate of drug-likeness (QED) is 0.344. The average molecular weight is 183 g/mol. The van der Waals surface area contributed by atoms with Gasteiger partial charge >= 0.3 is 5.97 Å². The largest absolute Gasteiger partial charge is 0.466 e. The molecule has 1 radical (unpaired) electrons. The molecule has 0 amide bonds. The SMILES string of the molecule is [CH2]CCCCCC/C=C/C(=O)OC. The Morgan fingerprint density at radius 2 is 2.00 bits per heavy atom. The van der Waals surface area contributed by atoms with E-state index in [0.29, 0.717) is 0 Å². The Balaban J connectivity index is 3.15. The fraction of sp³-hybridized carbons (Fsp3) is 0.636. The number of esters is 1. The Bertz CT molecular complexity index is 150. The van der Waals surface area contributed by atoms with Crippen molar-refractivity contribution in [3.8, 4) is 0 Å². The molecule has 0 unspecified atom stereocenters. The second kappa shape index (κ2) is 9.30. The van der Waals surface area contributed by atoms with Gasteiger partial charge in [-0.1, -0.05) is 38.7 Å². The molecule has 0 aliphatic carbocycles. The minimum absolute atomic E-state index is 0.266. The molecule has 0 saturated heterocycles. The Hall–Kier alpha value is -0.790. The summed E-state index contributed by atoms with van der Waals surface area (Å²) in [4.78, 5) is 10.6. The summed E-state index contributed by atoms with van der Waals surface area (Å²) in [6.45, 7) is 3.78. The van der Waals surface area contributed by atoms with Crippen LogP contribution in [0.1, 0.15) is 38.5 Å². The van der Waals surface area contributed by atoms with Crippen LogP contribution in [0.2, 0.25) is 0 Å². The van der Waals surface area contributed by atoms with Gasteiger partial charge in [0.25, 0.3) is 0 Å². The zero-order valence-corrected chi connectivity index (χ0v) is 8.42. The maximum absolute atomic E-state index is 10.6. The van der Waals surface area contributed by atoms with Crippen LogP contribution in [0, 0.1) is 6.92 Å². The second-order valence-electron chi connectivity index (χ2n) is 2.98. The number of carbonyl (C=O) groups excluding carboxylic acids is 1. The van der Waals surface area contributed by atoms with Crippen molar-refractivity contribution in [3.63, 3.8) is 0 Å². The van der Waals surface area contributed by atoms with E-state index in [1.807, 2.05) is 6.08 Å². The molecule has 0 heterocycles. The first-order chi connectivity index (χ1) is 6.31. The van der Waals surface area contributed by atoms with Gasteiger partial charge in [-0.2, -0.15) is 0 Å². The highest BCUT2D eigenvalue weighted by Crippen LogP contribution is 2.04. The topological polar surface area (TPSA) is 26.3 Å². The lowest BCUT2D eigenvalue weighted by atomic mass is 10.1. The Kier molecular flexibility index (Phi) is 8.73. The summed E-state index contributed by atoms with van der Waals surface area (Å²) in [6.07, 6.45) is 10.2. The van der Waals surface area contributed by atoms with Gasteiger partial charge in [0.15, 0.2) is 0 Å². The normalized spacial score (nSPS) is 10.6. The zero-order valence-electron chi connectivity index (χ0n) is 8.42. The van der Waals surface area contributed by atoms with Gasteiger partial charge in [0.05, 0.1) is 7.11 Å². The lowest BCUT2D eigenvalue weighted by Crippen LogP contribution is -1.93. The van der Waals surface area contributed by atoms with Crippen LogP contribution in [0.3, 0.4) is 0 Å². The van der Waals surface area contributed by atoms with Crippen LogP contribution in [-0.4, -0.2) is 13.1 Å². The van der Waals surface area contributed by atoms with Crippen LogP contribution in [-0.2, 0) is 9.53 Å². The first-order valence-corrected chi connectivity index (χ1v) is 4.85. The van der Waals surface area contributed by atoms with Gasteiger partial charge in [0, 0.05) is 6.08 Å². The summed E-state index contributed by atoms with van der Waals surface area (Å²) in [5.74, 6) is -0.266. The van der Waals surface area contributed by atoms with E-state index in [0.717, 1.165) is 19.3 Å². The molecule has 0 aromatic rings. The molecule has 0 rings (SSSR count). The molecule has 0 aliphatic heterocycles. The molecule has 0 spiro atoms. The molecule has 0 N–H and O–H groups in total. The van der Waals surface area contributed by atoms with E-state index in [2.05, 4.69) is 11.7 Å². The maximum atomic E-state index is 10.6. The van der Waals surface area contributed by atoms with Crippen LogP contribution in [0.5, 0.6) is 0 Å². The summed E-state index contributed by atoms with van der Waals surface area (Å²) < 4.78 is 4.46. The summed E-state index contributed by atoms with van der Waals surface area (Å²) in [5.41, 5.74) is 0. The van der Waals surface area contributed by atoms with Crippen molar-refractivity contribution in [2.75, 3.05) is 7.11 Å². The van der Waals surface area contributed by atoms with E-state index in [1.165, 1.54) is 32.4 Å². The fourth-order valence-electron chi connectivity index (χ4n) is 1.04. The number of hydrogen-bond donors (Lipinski definition) is 0. The lowest BCUT2D eigenvalue weighted by molar-refractivity contribution is -0.134.